The van der Waals surface area contributed by atoms with Crippen molar-refractivity contribution in [2.24, 2.45) is 0 Å². The van der Waals surface area contributed by atoms with Crippen LogP contribution in [0.2, 0.25) is 0 Å². The predicted octanol–water partition coefficient (Wildman–Crippen LogP) is 2.52. The van der Waals surface area contributed by atoms with Gasteiger partial charge in [-0.15, -0.1) is 5.10 Å². The molecule has 2 heterocycles. The molecule has 0 bridgehead atoms. The lowest BCUT2D eigenvalue weighted by molar-refractivity contribution is 0.443. The van der Waals surface area contributed by atoms with Crippen LogP contribution in [0.25, 0.3) is 10.8 Å². The second-order valence-electron chi connectivity index (χ2n) is 5.56. The number of hydrogen-bond donors (Lipinski definition) is 1. The Bertz CT molecular complexity index is 594. The number of nitrogens with one attached hydrogen (secondary N) is 1. The standard InChI is InChI=1S/C16H22N4/c1-12-14-8-3-4-9-15(14)16(19-18-12)20-10-6-5-7-13(20)11-17-2/h3-4,8-9,13,17H,5-7,10-11H2,1-2H3. The van der Waals surface area contributed by atoms with Crippen molar-refractivity contribution in [2.45, 2.75) is 32.2 Å². The highest BCUT2D eigenvalue weighted by Crippen LogP contribution is 2.30. The number of aromatic nitrogens is 2. The topological polar surface area (TPSA) is 41.0 Å². The van der Waals surface area contributed by atoms with Crippen molar-refractivity contribution in [2.75, 3.05) is 25.0 Å². The minimum Gasteiger partial charge on any atom is -0.350 e. The predicted molar refractivity (Wildman–Crippen MR) is 83.2 cm³/mol. The molecule has 1 saturated heterocycles. The smallest absolute Gasteiger partial charge is 0.159 e. The second kappa shape index (κ2) is 5.75. The maximum Gasteiger partial charge on any atom is 0.159 e. The zero-order valence-electron chi connectivity index (χ0n) is 12.3. The van der Waals surface area contributed by atoms with E-state index < -0.39 is 0 Å². The van der Waals surface area contributed by atoms with E-state index in [1.807, 2.05) is 14.0 Å². The lowest BCUT2D eigenvalue weighted by Crippen LogP contribution is -2.45. The van der Waals surface area contributed by atoms with Gasteiger partial charge in [0.15, 0.2) is 5.82 Å². The van der Waals surface area contributed by atoms with Crippen LogP contribution in [0.4, 0.5) is 5.82 Å². The van der Waals surface area contributed by atoms with Crippen LogP contribution < -0.4 is 10.2 Å². The van der Waals surface area contributed by atoms with Gasteiger partial charge in [-0.3, -0.25) is 0 Å². The molecule has 20 heavy (non-hydrogen) atoms. The quantitative estimate of drug-likeness (QED) is 0.930. The average Bonchev–Trinajstić information content (AvgIpc) is 2.49. The zero-order valence-corrected chi connectivity index (χ0v) is 12.3. The molecule has 3 rings (SSSR count). The van der Waals surface area contributed by atoms with Crippen molar-refractivity contribution in [3.63, 3.8) is 0 Å². The first-order valence-electron chi connectivity index (χ1n) is 7.44. The van der Waals surface area contributed by atoms with Gasteiger partial charge in [-0.05, 0) is 33.2 Å². The van der Waals surface area contributed by atoms with E-state index in [2.05, 4.69) is 44.7 Å². The normalized spacial score (nSPS) is 19.5. The number of nitrogens with zero attached hydrogens (tertiary/aromatic N) is 3. The molecule has 1 aliphatic heterocycles. The Kier molecular flexibility index (Phi) is 3.83. The second-order valence-corrected chi connectivity index (χ2v) is 5.56. The molecule has 0 radical (unpaired) electrons. The van der Waals surface area contributed by atoms with Crippen molar-refractivity contribution >= 4 is 16.6 Å². The Hall–Kier alpha value is -1.68. The van der Waals surface area contributed by atoms with E-state index in [4.69, 9.17) is 0 Å². The van der Waals surface area contributed by atoms with Gasteiger partial charge in [0.1, 0.15) is 0 Å². The summed E-state index contributed by atoms with van der Waals surface area (Å²) in [5.74, 6) is 1.05. The molecule has 1 fully saturated rings. The number of rotatable bonds is 3. The largest absolute Gasteiger partial charge is 0.350 e. The van der Waals surface area contributed by atoms with Crippen LogP contribution in [-0.4, -0.2) is 36.4 Å². The minimum absolute atomic E-state index is 0.522. The van der Waals surface area contributed by atoms with E-state index in [0.717, 1.165) is 24.6 Å². The molecule has 1 aromatic carbocycles. The minimum atomic E-state index is 0.522. The third-order valence-electron chi connectivity index (χ3n) is 4.19. The molecule has 0 aliphatic carbocycles. The maximum atomic E-state index is 4.51. The van der Waals surface area contributed by atoms with Crippen LogP contribution in [0.15, 0.2) is 24.3 Å². The molecule has 4 nitrogen and oxygen atoms in total. The monoisotopic (exact) mass is 270 g/mol. The maximum absolute atomic E-state index is 4.51. The molecule has 2 aromatic rings. The van der Waals surface area contributed by atoms with Crippen LogP contribution >= 0.6 is 0 Å². The van der Waals surface area contributed by atoms with Gasteiger partial charge < -0.3 is 10.2 Å². The third kappa shape index (κ3) is 2.36. The SMILES string of the molecule is CNCC1CCCCN1c1nnc(C)c2ccccc12. The van der Waals surface area contributed by atoms with E-state index in [-0.39, 0.29) is 0 Å². The average molecular weight is 270 g/mol. The first kappa shape index (κ1) is 13.3. The summed E-state index contributed by atoms with van der Waals surface area (Å²) in [6, 6.07) is 8.98. The fourth-order valence-electron chi connectivity index (χ4n) is 3.16. The summed E-state index contributed by atoms with van der Waals surface area (Å²) in [6.45, 7) is 4.11. The summed E-state index contributed by atoms with van der Waals surface area (Å²) in [5, 5.41) is 14.6. The summed E-state index contributed by atoms with van der Waals surface area (Å²) in [5.41, 5.74) is 1.01. The van der Waals surface area contributed by atoms with E-state index in [0.29, 0.717) is 6.04 Å². The van der Waals surface area contributed by atoms with Gasteiger partial charge in [0, 0.05) is 29.9 Å². The molecule has 1 aromatic heterocycles. The van der Waals surface area contributed by atoms with Crippen molar-refractivity contribution in [3.05, 3.63) is 30.0 Å². The Labute approximate surface area is 120 Å². The Morgan fingerprint density at radius 1 is 1.20 bits per heavy atom. The fourth-order valence-corrected chi connectivity index (χ4v) is 3.16. The number of piperidine rings is 1. The van der Waals surface area contributed by atoms with Crippen molar-refractivity contribution < 1.29 is 0 Å². The first-order valence-corrected chi connectivity index (χ1v) is 7.44. The summed E-state index contributed by atoms with van der Waals surface area (Å²) in [4.78, 5) is 2.44. The molecule has 1 aliphatic rings. The number of anilines is 1. The van der Waals surface area contributed by atoms with Crippen molar-refractivity contribution in [3.8, 4) is 0 Å². The fraction of sp³-hybridized carbons (Fsp3) is 0.500. The Morgan fingerprint density at radius 2 is 2.00 bits per heavy atom. The summed E-state index contributed by atoms with van der Waals surface area (Å²) in [7, 11) is 2.02. The molecular weight excluding hydrogens is 248 g/mol. The number of hydrogen-bond acceptors (Lipinski definition) is 4. The summed E-state index contributed by atoms with van der Waals surface area (Å²) < 4.78 is 0. The molecule has 106 valence electrons. The molecule has 0 spiro atoms. The van der Waals surface area contributed by atoms with Crippen LogP contribution in [-0.2, 0) is 0 Å². The Morgan fingerprint density at radius 3 is 2.80 bits per heavy atom. The molecule has 1 N–H and O–H groups in total. The first-order chi connectivity index (χ1) is 9.81. The highest BCUT2D eigenvalue weighted by Gasteiger charge is 2.24. The lowest BCUT2D eigenvalue weighted by Gasteiger charge is -2.37. The molecular formula is C16H22N4. The van der Waals surface area contributed by atoms with Crippen LogP contribution in [0.5, 0.6) is 0 Å². The van der Waals surface area contributed by atoms with Gasteiger partial charge in [0.25, 0.3) is 0 Å². The molecule has 1 unspecified atom stereocenters. The van der Waals surface area contributed by atoms with E-state index >= 15 is 0 Å². The van der Waals surface area contributed by atoms with Crippen molar-refractivity contribution in [1.29, 1.82) is 0 Å². The number of likely N-dealkylation sites (N-methyl/N-ethyl adjacent to an activating group) is 1. The number of fused-ring (bicyclic) bond motifs is 1. The van der Waals surface area contributed by atoms with E-state index in [1.165, 1.54) is 30.0 Å². The summed E-state index contributed by atoms with van der Waals surface area (Å²) in [6.07, 6.45) is 3.77. The lowest BCUT2D eigenvalue weighted by atomic mass is 10.0. The number of benzene rings is 1. The van der Waals surface area contributed by atoms with E-state index in [1.54, 1.807) is 0 Å². The van der Waals surface area contributed by atoms with Gasteiger partial charge >= 0.3 is 0 Å². The zero-order chi connectivity index (χ0) is 13.9. The van der Waals surface area contributed by atoms with Gasteiger partial charge in [-0.1, -0.05) is 24.3 Å². The van der Waals surface area contributed by atoms with Crippen molar-refractivity contribution in [1.82, 2.24) is 15.5 Å². The van der Waals surface area contributed by atoms with Crippen LogP contribution in [0.1, 0.15) is 25.0 Å². The van der Waals surface area contributed by atoms with Crippen LogP contribution in [0.3, 0.4) is 0 Å². The third-order valence-corrected chi connectivity index (χ3v) is 4.19. The van der Waals surface area contributed by atoms with E-state index in [9.17, 15) is 0 Å². The number of aryl methyl sites for hydroxylation is 1. The molecule has 0 amide bonds. The van der Waals surface area contributed by atoms with Crippen LogP contribution in [0, 0.1) is 6.92 Å². The molecule has 1 atom stereocenters. The Balaban J connectivity index is 2.06. The summed E-state index contributed by atoms with van der Waals surface area (Å²) >= 11 is 0. The molecule has 4 heteroatoms. The highest BCUT2D eigenvalue weighted by molar-refractivity contribution is 5.93. The van der Waals surface area contributed by atoms with Gasteiger partial charge in [-0.2, -0.15) is 5.10 Å². The van der Waals surface area contributed by atoms with Gasteiger partial charge in [0.05, 0.1) is 5.69 Å². The molecule has 0 saturated carbocycles. The highest BCUT2D eigenvalue weighted by atomic mass is 15.3. The van der Waals surface area contributed by atoms with Gasteiger partial charge in [-0.25, -0.2) is 0 Å². The van der Waals surface area contributed by atoms with Gasteiger partial charge in [0.2, 0.25) is 0 Å².